The highest BCUT2D eigenvalue weighted by Crippen LogP contribution is 2.19. The van der Waals surface area contributed by atoms with Crippen LogP contribution in [0.15, 0.2) is 15.2 Å². The maximum absolute atomic E-state index is 5.98. The van der Waals surface area contributed by atoms with Gasteiger partial charge in [-0.1, -0.05) is 31.2 Å². The van der Waals surface area contributed by atoms with Crippen LogP contribution in [0.2, 0.25) is 25.7 Å². The highest BCUT2D eigenvalue weighted by atomic mass is 127. The van der Waals surface area contributed by atoms with Gasteiger partial charge in [0.15, 0.2) is 11.0 Å². The fraction of sp³-hybridized carbons (Fsp3) is 0.727. The summed E-state index contributed by atoms with van der Waals surface area (Å²) in [5.41, 5.74) is 0.695. The molecule has 2 heterocycles. The van der Waals surface area contributed by atoms with Crippen LogP contribution in [0.5, 0.6) is 0 Å². The number of rotatable bonds is 5. The van der Waals surface area contributed by atoms with Gasteiger partial charge in [0.25, 0.3) is 0 Å². The lowest BCUT2D eigenvalue weighted by Gasteiger charge is -2.26. The Morgan fingerprint density at radius 1 is 1.42 bits per heavy atom. The van der Waals surface area contributed by atoms with Crippen LogP contribution in [0, 0.1) is 0 Å². The lowest BCUT2D eigenvalue weighted by Crippen LogP contribution is -2.42. The van der Waals surface area contributed by atoms with E-state index in [0.29, 0.717) is 17.5 Å². The van der Waals surface area contributed by atoms with Crippen LogP contribution in [0.4, 0.5) is 0 Å². The van der Waals surface area contributed by atoms with E-state index in [9.17, 15) is 0 Å². The Bertz CT molecular complexity index is 446. The third-order valence-electron chi connectivity index (χ3n) is 2.86. The Morgan fingerprint density at radius 2 is 2.16 bits per heavy atom. The number of hydrogen-bond donors (Lipinski definition) is 0. The zero-order chi connectivity index (χ0) is 14.0. The number of ether oxygens (including phenoxy) is 1. The number of fused-ring (bicyclic) bond motifs is 1. The second kappa shape index (κ2) is 6.19. The average molecular weight is 413 g/mol. The van der Waals surface area contributed by atoms with Gasteiger partial charge in [-0.15, -0.1) is 10.2 Å². The quantitative estimate of drug-likeness (QED) is 0.302. The van der Waals surface area contributed by atoms with Crippen molar-refractivity contribution in [1.29, 1.82) is 0 Å². The van der Waals surface area contributed by atoms with E-state index < -0.39 is 8.07 Å². The lowest BCUT2D eigenvalue weighted by molar-refractivity contribution is 0.131. The number of nitrogens with zero attached hydrogens (tertiary/aromatic N) is 4. The molecule has 0 saturated heterocycles. The van der Waals surface area contributed by atoms with Crippen LogP contribution in [0.1, 0.15) is 0 Å². The van der Waals surface area contributed by atoms with Gasteiger partial charge in [-0.3, -0.25) is 8.11 Å². The minimum Gasteiger partial charge on any atom is -0.379 e. The maximum atomic E-state index is 5.98. The zero-order valence-corrected chi connectivity index (χ0v) is 15.3. The normalized spacial score (nSPS) is 22.9. The van der Waals surface area contributed by atoms with Crippen molar-refractivity contribution >= 4 is 59.3 Å². The third kappa shape index (κ3) is 4.23. The van der Waals surface area contributed by atoms with E-state index in [1.807, 2.05) is 3.11 Å². The molecule has 0 aromatic rings. The van der Waals surface area contributed by atoms with Gasteiger partial charge in [-0.25, -0.2) is 0 Å². The van der Waals surface area contributed by atoms with Crippen molar-refractivity contribution in [3.8, 4) is 0 Å². The monoisotopic (exact) mass is 412 g/mol. The molecule has 1 atom stereocenters. The minimum absolute atomic E-state index is 0.106. The van der Waals surface area contributed by atoms with Crippen molar-refractivity contribution in [2.24, 2.45) is 15.2 Å². The van der Waals surface area contributed by atoms with Crippen molar-refractivity contribution in [3.63, 3.8) is 0 Å². The molecule has 0 aromatic carbocycles. The van der Waals surface area contributed by atoms with Crippen molar-refractivity contribution < 1.29 is 4.74 Å². The summed E-state index contributed by atoms with van der Waals surface area (Å²) in [7, 11) is -1.02. The molecule has 0 N–H and O–H groups in total. The molecule has 2 aliphatic rings. The van der Waals surface area contributed by atoms with E-state index in [0.717, 1.165) is 19.0 Å². The molecule has 0 bridgehead atoms. The number of halogens is 2. The van der Waals surface area contributed by atoms with Gasteiger partial charge in [-0.05, 0) is 6.04 Å². The van der Waals surface area contributed by atoms with Gasteiger partial charge >= 0.3 is 0 Å². The number of aliphatic imine (C=N–C) groups is 1. The highest BCUT2D eigenvalue weighted by Gasteiger charge is 2.31. The van der Waals surface area contributed by atoms with Crippen molar-refractivity contribution in [3.05, 3.63) is 0 Å². The second-order valence-corrected chi connectivity index (χ2v) is 13.0. The summed E-state index contributed by atoms with van der Waals surface area (Å²) >= 11 is 8.19. The Hall–Kier alpha value is 0.00688. The van der Waals surface area contributed by atoms with Crippen molar-refractivity contribution in [2.45, 2.75) is 31.7 Å². The average Bonchev–Trinajstić information content (AvgIpc) is 2.66. The summed E-state index contributed by atoms with van der Waals surface area (Å²) in [5.74, 6) is 0.754. The van der Waals surface area contributed by atoms with Gasteiger partial charge < -0.3 is 4.74 Å². The summed E-state index contributed by atoms with van der Waals surface area (Å²) in [6, 6.07) is 1.29. The zero-order valence-electron chi connectivity index (χ0n) is 11.4. The molecule has 0 fully saturated rings. The fourth-order valence-electron chi connectivity index (χ4n) is 1.74. The van der Waals surface area contributed by atoms with Crippen LogP contribution in [-0.4, -0.2) is 53.7 Å². The van der Waals surface area contributed by atoms with Gasteiger partial charge in [0.05, 0.1) is 42.1 Å². The highest BCUT2D eigenvalue weighted by molar-refractivity contribution is 14.1. The van der Waals surface area contributed by atoms with E-state index in [-0.39, 0.29) is 6.04 Å². The molecule has 5 nitrogen and oxygen atoms in total. The Kier molecular flexibility index (Phi) is 5.02. The van der Waals surface area contributed by atoms with E-state index in [4.69, 9.17) is 16.3 Å². The van der Waals surface area contributed by atoms with Crippen molar-refractivity contribution in [1.82, 2.24) is 3.11 Å². The topological polar surface area (TPSA) is 49.5 Å². The van der Waals surface area contributed by atoms with Crippen LogP contribution in [0.25, 0.3) is 0 Å². The smallest absolute Gasteiger partial charge is 0.188 e. The van der Waals surface area contributed by atoms with E-state index in [1.54, 1.807) is 0 Å². The largest absolute Gasteiger partial charge is 0.379 e. The molecule has 0 amide bonds. The fourth-order valence-corrected chi connectivity index (χ4v) is 3.44. The number of hydrogen-bond acceptors (Lipinski definition) is 5. The van der Waals surface area contributed by atoms with E-state index in [1.165, 1.54) is 6.04 Å². The van der Waals surface area contributed by atoms with E-state index in [2.05, 4.69) is 57.7 Å². The molecule has 0 aromatic heterocycles. The van der Waals surface area contributed by atoms with Gasteiger partial charge in [0.1, 0.15) is 5.71 Å². The van der Waals surface area contributed by atoms with Crippen LogP contribution in [0.3, 0.4) is 0 Å². The SMILES string of the molecule is C[Si](C)(C)CCOCC1CN(I)C2=NN=C(Cl)C2=N1. The lowest BCUT2D eigenvalue weighted by atomic mass is 10.2. The van der Waals surface area contributed by atoms with Gasteiger partial charge in [0, 0.05) is 14.7 Å². The predicted octanol–water partition coefficient (Wildman–Crippen LogP) is 2.78. The third-order valence-corrected chi connectivity index (χ3v) is 5.67. The second-order valence-electron chi connectivity index (χ2n) is 5.88. The first-order valence-corrected chi connectivity index (χ1v) is 11.3. The molecular formula is C11H18ClIN4OSi. The first-order valence-electron chi connectivity index (χ1n) is 6.27. The van der Waals surface area contributed by atoms with Crippen LogP contribution in [-0.2, 0) is 4.74 Å². The maximum Gasteiger partial charge on any atom is 0.188 e. The predicted molar refractivity (Wildman–Crippen MR) is 91.6 cm³/mol. The Labute approximate surface area is 133 Å². The molecule has 0 radical (unpaired) electrons. The first kappa shape index (κ1) is 15.4. The molecular weight excluding hydrogens is 395 g/mol. The summed E-state index contributed by atoms with van der Waals surface area (Å²) in [5, 5.41) is 8.24. The Balaban J connectivity index is 1.86. The molecule has 0 aliphatic carbocycles. The number of amidine groups is 1. The molecule has 0 spiro atoms. The first-order chi connectivity index (χ1) is 8.87. The summed E-state index contributed by atoms with van der Waals surface area (Å²) in [4.78, 5) is 4.57. The molecule has 19 heavy (non-hydrogen) atoms. The molecule has 1 unspecified atom stereocenters. The Morgan fingerprint density at radius 3 is 2.84 bits per heavy atom. The summed E-state index contributed by atoms with van der Waals surface area (Å²) < 4.78 is 7.76. The molecule has 8 heteroatoms. The summed E-state index contributed by atoms with van der Waals surface area (Å²) in [6.07, 6.45) is 0. The molecule has 0 saturated carbocycles. The molecule has 106 valence electrons. The van der Waals surface area contributed by atoms with Crippen LogP contribution < -0.4 is 0 Å². The molecule has 2 aliphatic heterocycles. The van der Waals surface area contributed by atoms with E-state index >= 15 is 0 Å². The summed E-state index contributed by atoms with van der Waals surface area (Å²) in [6.45, 7) is 9.28. The standard InChI is InChI=1S/C11H18ClIN4OSi/c1-19(2,3)5-4-18-7-8-6-17(13)11-9(14-8)10(12)15-16-11/h8H,4-7H2,1-3H3. The van der Waals surface area contributed by atoms with Crippen LogP contribution >= 0.6 is 34.5 Å². The minimum atomic E-state index is -1.02. The van der Waals surface area contributed by atoms with Gasteiger partial charge in [-0.2, -0.15) is 0 Å². The van der Waals surface area contributed by atoms with Gasteiger partial charge in [0.2, 0.25) is 0 Å². The van der Waals surface area contributed by atoms with Crippen molar-refractivity contribution in [2.75, 3.05) is 19.8 Å². The molecule has 2 rings (SSSR count).